The van der Waals surface area contributed by atoms with Crippen molar-refractivity contribution in [2.75, 3.05) is 5.32 Å². The van der Waals surface area contributed by atoms with Gasteiger partial charge in [-0.2, -0.15) is 0 Å². The van der Waals surface area contributed by atoms with Crippen molar-refractivity contribution in [3.05, 3.63) is 80.8 Å². The quantitative estimate of drug-likeness (QED) is 0.693. The Morgan fingerprint density at radius 2 is 1.75 bits per heavy atom. The number of nitrogens with zero attached hydrogens (tertiary/aromatic N) is 1. The van der Waals surface area contributed by atoms with Crippen LogP contribution in [0.2, 0.25) is 5.02 Å². The van der Waals surface area contributed by atoms with Gasteiger partial charge in [0.1, 0.15) is 0 Å². The third-order valence-corrected chi connectivity index (χ3v) is 5.03. The first-order chi connectivity index (χ1) is 11.5. The second-order valence-electron chi connectivity index (χ2n) is 5.65. The van der Waals surface area contributed by atoms with Crippen molar-refractivity contribution in [2.45, 2.75) is 20.3 Å². The zero-order chi connectivity index (χ0) is 17.1. The fourth-order valence-electron chi connectivity index (χ4n) is 2.31. The van der Waals surface area contributed by atoms with Crippen molar-refractivity contribution in [3.8, 4) is 0 Å². The van der Waals surface area contributed by atoms with Crippen LogP contribution in [-0.2, 0) is 6.42 Å². The summed E-state index contributed by atoms with van der Waals surface area (Å²) in [5.74, 6) is -0.137. The Labute approximate surface area is 150 Å². The highest BCUT2D eigenvalue weighted by Crippen LogP contribution is 2.26. The third-order valence-electron chi connectivity index (χ3n) is 3.70. The smallest absolute Gasteiger partial charge is 0.257 e. The molecule has 1 amide bonds. The van der Waals surface area contributed by atoms with Gasteiger partial charge in [-0.05, 0) is 43.7 Å². The molecule has 3 nitrogen and oxygen atoms in total. The monoisotopic (exact) mass is 356 g/mol. The number of nitrogens with one attached hydrogen (secondary N) is 1. The molecule has 0 aliphatic heterocycles. The third kappa shape index (κ3) is 4.02. The Hall–Kier alpha value is -2.17. The van der Waals surface area contributed by atoms with Gasteiger partial charge in [0, 0.05) is 21.9 Å². The molecule has 1 aromatic heterocycles. The number of hydrogen-bond donors (Lipinski definition) is 1. The second kappa shape index (κ2) is 7.16. The number of halogens is 1. The van der Waals surface area contributed by atoms with Crippen LogP contribution in [0.3, 0.4) is 0 Å². The van der Waals surface area contributed by atoms with Crippen LogP contribution in [0.15, 0.2) is 48.5 Å². The Kier molecular flexibility index (Phi) is 4.97. The lowest BCUT2D eigenvalue weighted by Crippen LogP contribution is -2.11. The van der Waals surface area contributed by atoms with Crippen molar-refractivity contribution in [3.63, 3.8) is 0 Å². The van der Waals surface area contributed by atoms with Gasteiger partial charge >= 0.3 is 0 Å². The molecule has 122 valence electrons. The van der Waals surface area contributed by atoms with Gasteiger partial charge in [0.2, 0.25) is 0 Å². The van der Waals surface area contributed by atoms with E-state index in [1.807, 2.05) is 62.4 Å². The number of thiazole rings is 1. The van der Waals surface area contributed by atoms with Crippen LogP contribution in [0, 0.1) is 13.8 Å². The lowest BCUT2D eigenvalue weighted by molar-refractivity contribution is 0.102. The van der Waals surface area contributed by atoms with Gasteiger partial charge in [0.05, 0.1) is 5.69 Å². The summed E-state index contributed by atoms with van der Waals surface area (Å²) in [7, 11) is 0. The Morgan fingerprint density at radius 1 is 1.08 bits per heavy atom. The molecule has 0 bridgehead atoms. The molecule has 5 heteroatoms. The topological polar surface area (TPSA) is 42.0 Å². The Balaban J connectivity index is 1.72. The van der Waals surface area contributed by atoms with Gasteiger partial charge in [0.15, 0.2) is 5.13 Å². The summed E-state index contributed by atoms with van der Waals surface area (Å²) in [4.78, 5) is 17.9. The van der Waals surface area contributed by atoms with E-state index in [1.165, 1.54) is 16.9 Å². The van der Waals surface area contributed by atoms with Crippen LogP contribution in [0.5, 0.6) is 0 Å². The van der Waals surface area contributed by atoms with E-state index in [0.29, 0.717) is 10.7 Å². The first-order valence-electron chi connectivity index (χ1n) is 7.60. The zero-order valence-electron chi connectivity index (χ0n) is 13.5. The SMILES string of the molecule is Cc1ccc(C(=O)Nc2nc(C)c(Cc3ccc(Cl)cc3)s2)cc1. The Morgan fingerprint density at radius 3 is 2.42 bits per heavy atom. The van der Waals surface area contributed by atoms with Crippen LogP contribution in [0.4, 0.5) is 5.13 Å². The highest BCUT2D eigenvalue weighted by Gasteiger charge is 2.12. The first kappa shape index (κ1) is 16.7. The number of amides is 1. The van der Waals surface area contributed by atoms with Crippen LogP contribution in [0.1, 0.15) is 32.1 Å². The average molecular weight is 357 g/mol. The summed E-state index contributed by atoms with van der Waals surface area (Å²) in [5, 5.41) is 4.24. The van der Waals surface area contributed by atoms with Crippen LogP contribution < -0.4 is 5.32 Å². The van der Waals surface area contributed by atoms with Gasteiger partial charge in [-0.15, -0.1) is 11.3 Å². The van der Waals surface area contributed by atoms with Crippen molar-refractivity contribution in [2.24, 2.45) is 0 Å². The summed E-state index contributed by atoms with van der Waals surface area (Å²) < 4.78 is 0. The first-order valence-corrected chi connectivity index (χ1v) is 8.79. The van der Waals surface area contributed by atoms with E-state index in [2.05, 4.69) is 10.3 Å². The number of hydrogen-bond acceptors (Lipinski definition) is 3. The number of anilines is 1. The van der Waals surface area contributed by atoms with Gasteiger partial charge in [-0.25, -0.2) is 4.98 Å². The summed E-state index contributed by atoms with van der Waals surface area (Å²) in [6, 6.07) is 15.3. The number of carbonyl (C=O) groups is 1. The lowest BCUT2D eigenvalue weighted by atomic mass is 10.1. The zero-order valence-corrected chi connectivity index (χ0v) is 15.0. The van der Waals surface area contributed by atoms with E-state index in [4.69, 9.17) is 11.6 Å². The minimum Gasteiger partial charge on any atom is -0.298 e. The predicted octanol–water partition coefficient (Wildman–Crippen LogP) is 5.26. The summed E-state index contributed by atoms with van der Waals surface area (Å²) >= 11 is 7.43. The fraction of sp³-hybridized carbons (Fsp3) is 0.158. The van der Waals surface area contributed by atoms with Crippen LogP contribution in [-0.4, -0.2) is 10.9 Å². The van der Waals surface area contributed by atoms with Crippen molar-refractivity contribution in [1.29, 1.82) is 0 Å². The summed E-state index contributed by atoms with van der Waals surface area (Å²) in [6.07, 6.45) is 0.779. The van der Waals surface area contributed by atoms with Gasteiger partial charge in [0.25, 0.3) is 5.91 Å². The largest absolute Gasteiger partial charge is 0.298 e. The average Bonchev–Trinajstić information content (AvgIpc) is 2.89. The van der Waals surface area contributed by atoms with Gasteiger partial charge in [-0.1, -0.05) is 41.4 Å². The van der Waals surface area contributed by atoms with Crippen molar-refractivity contribution < 1.29 is 4.79 Å². The molecular weight excluding hydrogens is 340 g/mol. The molecule has 3 rings (SSSR count). The molecule has 0 fully saturated rings. The highest BCUT2D eigenvalue weighted by molar-refractivity contribution is 7.15. The summed E-state index contributed by atoms with van der Waals surface area (Å²) in [5.41, 5.74) is 3.87. The lowest BCUT2D eigenvalue weighted by Gasteiger charge is -2.02. The molecule has 1 heterocycles. The van der Waals surface area contributed by atoms with E-state index in [1.54, 1.807) is 0 Å². The molecule has 1 N–H and O–H groups in total. The normalized spacial score (nSPS) is 10.6. The number of carbonyl (C=O) groups excluding carboxylic acids is 1. The minimum absolute atomic E-state index is 0.137. The van der Waals surface area contributed by atoms with E-state index in [0.717, 1.165) is 27.6 Å². The van der Waals surface area contributed by atoms with Gasteiger partial charge in [-0.3, -0.25) is 10.1 Å². The molecule has 0 unspecified atom stereocenters. The molecule has 0 atom stereocenters. The van der Waals surface area contributed by atoms with Crippen LogP contribution >= 0.6 is 22.9 Å². The van der Waals surface area contributed by atoms with E-state index >= 15 is 0 Å². The van der Waals surface area contributed by atoms with E-state index in [9.17, 15) is 4.79 Å². The molecule has 0 aliphatic carbocycles. The molecule has 0 saturated heterocycles. The number of aromatic nitrogens is 1. The number of benzene rings is 2. The molecule has 2 aromatic carbocycles. The summed E-state index contributed by atoms with van der Waals surface area (Å²) in [6.45, 7) is 3.96. The van der Waals surface area contributed by atoms with E-state index < -0.39 is 0 Å². The Bertz CT molecular complexity index is 854. The predicted molar refractivity (Wildman–Crippen MR) is 100 cm³/mol. The maximum absolute atomic E-state index is 12.3. The standard InChI is InChI=1S/C19H17ClN2OS/c1-12-3-7-15(8-4-12)18(23)22-19-21-13(2)17(24-19)11-14-5-9-16(20)10-6-14/h3-10H,11H2,1-2H3,(H,21,22,23). The molecule has 0 saturated carbocycles. The maximum atomic E-state index is 12.3. The number of rotatable bonds is 4. The van der Waals surface area contributed by atoms with Crippen LogP contribution in [0.25, 0.3) is 0 Å². The molecule has 3 aromatic rings. The second-order valence-corrected chi connectivity index (χ2v) is 7.17. The molecule has 0 aliphatic rings. The van der Waals surface area contributed by atoms with Crippen molar-refractivity contribution in [1.82, 2.24) is 4.98 Å². The van der Waals surface area contributed by atoms with E-state index in [-0.39, 0.29) is 5.91 Å². The molecule has 0 spiro atoms. The molecule has 24 heavy (non-hydrogen) atoms. The van der Waals surface area contributed by atoms with Crippen molar-refractivity contribution >= 4 is 34.0 Å². The highest BCUT2D eigenvalue weighted by atomic mass is 35.5. The number of aryl methyl sites for hydroxylation is 2. The fourth-order valence-corrected chi connectivity index (χ4v) is 3.43. The molecular formula is C19H17ClN2OS. The van der Waals surface area contributed by atoms with Gasteiger partial charge < -0.3 is 0 Å². The maximum Gasteiger partial charge on any atom is 0.257 e. The molecule has 0 radical (unpaired) electrons. The minimum atomic E-state index is -0.137.